The van der Waals surface area contributed by atoms with Gasteiger partial charge in [-0.3, -0.25) is 9.59 Å². The molecule has 136 valence electrons. The van der Waals surface area contributed by atoms with Crippen LogP contribution in [0.25, 0.3) is 0 Å². The van der Waals surface area contributed by atoms with Gasteiger partial charge in [0.2, 0.25) is 0 Å². The highest BCUT2D eigenvalue weighted by atomic mass is 16.6. The molecule has 2 bridgehead atoms. The van der Waals surface area contributed by atoms with Crippen molar-refractivity contribution in [3.8, 4) is 0 Å². The highest BCUT2D eigenvalue weighted by Crippen LogP contribution is 2.62. The molecule has 3 rings (SSSR count). The fourth-order valence-corrected chi connectivity index (χ4v) is 4.99. The van der Waals surface area contributed by atoms with Crippen LogP contribution in [0.5, 0.6) is 0 Å². The standard InChI is InChI=1S/C20H32O4/c1-18(2,3)10-13(19(4,5)6)16(21)23-14-11-8-12-15(14)24-17(22)20(12,7)9-11/h11-15H,8-10H2,1-7H3. The van der Waals surface area contributed by atoms with E-state index in [1.807, 2.05) is 6.92 Å². The zero-order valence-corrected chi connectivity index (χ0v) is 16.1. The molecular formula is C20H32O4. The Hall–Kier alpha value is -1.06. The van der Waals surface area contributed by atoms with Crippen molar-refractivity contribution >= 4 is 11.9 Å². The molecule has 3 aliphatic rings. The quantitative estimate of drug-likeness (QED) is 0.732. The van der Waals surface area contributed by atoms with Crippen molar-refractivity contribution in [3.05, 3.63) is 0 Å². The third-order valence-corrected chi connectivity index (χ3v) is 6.35. The maximum absolute atomic E-state index is 13.0. The summed E-state index contributed by atoms with van der Waals surface area (Å²) in [5.74, 6) is 0.125. The fourth-order valence-electron chi connectivity index (χ4n) is 4.99. The van der Waals surface area contributed by atoms with Crippen LogP contribution in [-0.4, -0.2) is 24.1 Å². The number of carbonyl (C=O) groups excluding carboxylic acids is 2. The predicted octanol–water partition coefficient (Wildman–Crippen LogP) is 3.97. The lowest BCUT2D eigenvalue weighted by Gasteiger charge is -2.36. The summed E-state index contributed by atoms with van der Waals surface area (Å²) >= 11 is 0. The van der Waals surface area contributed by atoms with Gasteiger partial charge in [0.25, 0.3) is 0 Å². The van der Waals surface area contributed by atoms with Gasteiger partial charge >= 0.3 is 11.9 Å². The van der Waals surface area contributed by atoms with Crippen LogP contribution in [0.3, 0.4) is 0 Å². The number of fused-ring (bicyclic) bond motifs is 1. The average Bonchev–Trinajstić information content (AvgIpc) is 2.95. The van der Waals surface area contributed by atoms with Gasteiger partial charge in [0.05, 0.1) is 11.3 Å². The Labute approximate surface area is 145 Å². The molecule has 0 aromatic heterocycles. The van der Waals surface area contributed by atoms with Crippen molar-refractivity contribution in [3.63, 3.8) is 0 Å². The van der Waals surface area contributed by atoms with E-state index in [2.05, 4.69) is 41.5 Å². The summed E-state index contributed by atoms with van der Waals surface area (Å²) in [7, 11) is 0. The molecule has 0 spiro atoms. The molecule has 1 aliphatic heterocycles. The van der Waals surface area contributed by atoms with E-state index in [9.17, 15) is 9.59 Å². The first-order valence-electron chi connectivity index (χ1n) is 9.24. The Morgan fingerprint density at radius 2 is 1.92 bits per heavy atom. The van der Waals surface area contributed by atoms with Crippen LogP contribution in [0.1, 0.15) is 67.7 Å². The second-order valence-corrected chi connectivity index (χ2v) is 10.7. The topological polar surface area (TPSA) is 52.6 Å². The minimum atomic E-state index is -0.340. The van der Waals surface area contributed by atoms with Crippen molar-refractivity contribution in [1.29, 1.82) is 0 Å². The van der Waals surface area contributed by atoms with E-state index in [0.29, 0.717) is 0 Å². The zero-order chi connectivity index (χ0) is 18.1. The highest BCUT2D eigenvalue weighted by Gasteiger charge is 2.69. The third kappa shape index (κ3) is 2.76. The molecule has 6 unspecified atom stereocenters. The number of ether oxygens (including phenoxy) is 2. The summed E-state index contributed by atoms with van der Waals surface area (Å²) < 4.78 is 11.6. The first kappa shape index (κ1) is 17.8. The number of carbonyl (C=O) groups is 2. The molecule has 6 atom stereocenters. The number of hydrogen-bond donors (Lipinski definition) is 0. The molecule has 0 amide bonds. The largest absolute Gasteiger partial charge is 0.458 e. The van der Waals surface area contributed by atoms with Gasteiger partial charge in [-0.25, -0.2) is 0 Å². The SMILES string of the molecule is CC(C)(C)CC(C(=O)OC1C2CC3C1OC(=O)C3(C)C2)C(C)(C)C. The molecule has 4 nitrogen and oxygen atoms in total. The monoisotopic (exact) mass is 336 g/mol. The Morgan fingerprint density at radius 3 is 2.46 bits per heavy atom. The normalized spacial score (nSPS) is 39.0. The van der Waals surface area contributed by atoms with Crippen LogP contribution in [0.4, 0.5) is 0 Å². The van der Waals surface area contributed by atoms with Crippen LogP contribution in [0, 0.1) is 34.0 Å². The van der Waals surface area contributed by atoms with Gasteiger partial charge in [-0.1, -0.05) is 41.5 Å². The molecule has 4 heteroatoms. The van der Waals surface area contributed by atoms with Gasteiger partial charge in [-0.2, -0.15) is 0 Å². The lowest BCUT2D eigenvalue weighted by Crippen LogP contribution is -2.42. The third-order valence-electron chi connectivity index (χ3n) is 6.35. The molecule has 0 radical (unpaired) electrons. The van der Waals surface area contributed by atoms with Crippen molar-refractivity contribution in [2.45, 2.75) is 79.9 Å². The van der Waals surface area contributed by atoms with E-state index in [-0.39, 0.29) is 58.1 Å². The summed E-state index contributed by atoms with van der Waals surface area (Å²) in [6, 6.07) is 0. The minimum Gasteiger partial charge on any atom is -0.458 e. The van der Waals surface area contributed by atoms with Crippen LogP contribution >= 0.6 is 0 Å². The van der Waals surface area contributed by atoms with Crippen molar-refractivity contribution in [2.24, 2.45) is 34.0 Å². The van der Waals surface area contributed by atoms with Crippen LogP contribution in [0.15, 0.2) is 0 Å². The summed E-state index contributed by atoms with van der Waals surface area (Å²) in [6.45, 7) is 14.8. The Morgan fingerprint density at radius 1 is 1.29 bits per heavy atom. The number of hydrogen-bond acceptors (Lipinski definition) is 4. The summed E-state index contributed by atoms with van der Waals surface area (Å²) in [5.41, 5.74) is -0.431. The van der Waals surface area contributed by atoms with Gasteiger partial charge in [0.15, 0.2) is 0 Å². The maximum atomic E-state index is 13.0. The lowest BCUT2D eigenvalue weighted by molar-refractivity contribution is -0.170. The summed E-state index contributed by atoms with van der Waals surface area (Å²) in [5, 5.41) is 0. The number of rotatable bonds is 3. The van der Waals surface area contributed by atoms with Crippen LogP contribution in [-0.2, 0) is 19.1 Å². The van der Waals surface area contributed by atoms with Crippen molar-refractivity contribution < 1.29 is 19.1 Å². The average molecular weight is 336 g/mol. The van der Waals surface area contributed by atoms with Gasteiger partial charge in [0, 0.05) is 11.8 Å². The van der Waals surface area contributed by atoms with Gasteiger partial charge in [0.1, 0.15) is 12.2 Å². The fraction of sp³-hybridized carbons (Fsp3) is 0.900. The molecule has 2 saturated carbocycles. The van der Waals surface area contributed by atoms with E-state index in [1.54, 1.807) is 0 Å². The second-order valence-electron chi connectivity index (χ2n) is 10.7. The minimum absolute atomic E-state index is 0.0596. The van der Waals surface area contributed by atoms with Gasteiger partial charge in [-0.05, 0) is 37.0 Å². The Balaban J connectivity index is 1.74. The zero-order valence-electron chi connectivity index (χ0n) is 16.1. The van der Waals surface area contributed by atoms with Crippen LogP contribution < -0.4 is 0 Å². The van der Waals surface area contributed by atoms with E-state index in [0.717, 1.165) is 19.3 Å². The Bertz CT molecular complexity index is 553. The molecule has 0 aromatic carbocycles. The molecule has 3 fully saturated rings. The molecule has 1 saturated heterocycles. The molecule has 1 heterocycles. The first-order valence-corrected chi connectivity index (χ1v) is 9.24. The van der Waals surface area contributed by atoms with Crippen LogP contribution in [0.2, 0.25) is 0 Å². The molecule has 0 aromatic rings. The van der Waals surface area contributed by atoms with Crippen molar-refractivity contribution in [1.82, 2.24) is 0 Å². The smallest absolute Gasteiger partial charge is 0.312 e. The van der Waals surface area contributed by atoms with E-state index >= 15 is 0 Å². The summed E-state index contributed by atoms with van der Waals surface area (Å²) in [6.07, 6.45) is 2.07. The number of esters is 2. The first-order chi connectivity index (χ1) is 10.8. The predicted molar refractivity (Wildman–Crippen MR) is 91.1 cm³/mol. The van der Waals surface area contributed by atoms with E-state index in [4.69, 9.17) is 9.47 Å². The maximum Gasteiger partial charge on any atom is 0.312 e. The molecular weight excluding hydrogens is 304 g/mol. The van der Waals surface area contributed by atoms with Crippen molar-refractivity contribution in [2.75, 3.05) is 0 Å². The molecule has 24 heavy (non-hydrogen) atoms. The Kier molecular flexibility index (Phi) is 3.86. The highest BCUT2D eigenvalue weighted by molar-refractivity contribution is 5.81. The second kappa shape index (κ2) is 5.22. The molecule has 2 aliphatic carbocycles. The van der Waals surface area contributed by atoms with E-state index in [1.165, 1.54) is 0 Å². The summed E-state index contributed by atoms with van der Waals surface area (Å²) in [4.78, 5) is 25.1. The van der Waals surface area contributed by atoms with E-state index < -0.39 is 0 Å². The van der Waals surface area contributed by atoms with Gasteiger partial charge in [-0.15, -0.1) is 0 Å². The molecule has 0 N–H and O–H groups in total. The lowest BCUT2D eigenvalue weighted by atomic mass is 9.72. The van der Waals surface area contributed by atoms with Gasteiger partial charge < -0.3 is 9.47 Å².